The lowest BCUT2D eigenvalue weighted by Gasteiger charge is -2.02. The maximum absolute atomic E-state index is 12.2. The van der Waals surface area contributed by atoms with E-state index in [2.05, 4.69) is 15.3 Å². The number of halogens is 1. The van der Waals surface area contributed by atoms with Crippen molar-refractivity contribution in [1.82, 2.24) is 15.3 Å². The van der Waals surface area contributed by atoms with Gasteiger partial charge in [-0.3, -0.25) is 4.79 Å². The van der Waals surface area contributed by atoms with Crippen molar-refractivity contribution in [3.63, 3.8) is 0 Å². The smallest absolute Gasteiger partial charge is 0.287 e. The number of aromatic nitrogens is 2. The minimum Gasteiger partial charge on any atom is -0.451 e. The number of furan rings is 1. The van der Waals surface area contributed by atoms with E-state index in [9.17, 15) is 4.79 Å². The van der Waals surface area contributed by atoms with Gasteiger partial charge in [-0.15, -0.1) is 0 Å². The Labute approximate surface area is 126 Å². The van der Waals surface area contributed by atoms with E-state index in [4.69, 9.17) is 16.0 Å². The first-order valence-electron chi connectivity index (χ1n) is 6.60. The molecule has 0 spiro atoms. The number of aryl methyl sites for hydroxylation is 1. The van der Waals surface area contributed by atoms with Crippen LogP contribution in [0, 0.1) is 6.92 Å². The number of fused-ring (bicyclic) bond motifs is 1. The van der Waals surface area contributed by atoms with Crippen molar-refractivity contribution < 1.29 is 9.21 Å². The van der Waals surface area contributed by atoms with E-state index in [0.29, 0.717) is 29.3 Å². The number of H-pyrrole nitrogens is 1. The summed E-state index contributed by atoms with van der Waals surface area (Å²) in [4.78, 5) is 19.3. The summed E-state index contributed by atoms with van der Waals surface area (Å²) in [7, 11) is 0. The first-order chi connectivity index (χ1) is 10.1. The predicted octanol–water partition coefficient (Wildman–Crippen LogP) is 3.09. The van der Waals surface area contributed by atoms with Gasteiger partial charge in [-0.05, 0) is 25.1 Å². The van der Waals surface area contributed by atoms with Gasteiger partial charge in [0.25, 0.3) is 5.91 Å². The molecule has 0 aliphatic rings. The molecular weight excluding hydrogens is 290 g/mol. The van der Waals surface area contributed by atoms with Crippen molar-refractivity contribution in [3.8, 4) is 0 Å². The number of benzene rings is 1. The van der Waals surface area contributed by atoms with E-state index < -0.39 is 0 Å². The third-order valence-electron chi connectivity index (χ3n) is 3.31. The Morgan fingerprint density at radius 2 is 2.33 bits per heavy atom. The molecule has 21 heavy (non-hydrogen) atoms. The molecular formula is C15H14ClN3O2. The van der Waals surface area contributed by atoms with Crippen LogP contribution in [0.5, 0.6) is 0 Å². The second-order valence-electron chi connectivity index (χ2n) is 4.74. The topological polar surface area (TPSA) is 70.9 Å². The summed E-state index contributed by atoms with van der Waals surface area (Å²) in [6.07, 6.45) is 4.08. The highest BCUT2D eigenvalue weighted by Crippen LogP contribution is 2.27. The maximum Gasteiger partial charge on any atom is 0.287 e. The predicted molar refractivity (Wildman–Crippen MR) is 80.6 cm³/mol. The quantitative estimate of drug-likeness (QED) is 0.778. The summed E-state index contributed by atoms with van der Waals surface area (Å²) in [6, 6.07) is 5.31. The number of carbonyl (C=O) groups excluding carboxylic acids is 1. The Morgan fingerprint density at radius 1 is 1.48 bits per heavy atom. The zero-order valence-corrected chi connectivity index (χ0v) is 12.2. The van der Waals surface area contributed by atoms with E-state index in [-0.39, 0.29) is 5.91 Å². The standard InChI is InChI=1S/C15H14ClN3O2/c1-9-11-8-10(16)2-3-12(11)21-14(9)15(20)19-5-4-13-17-6-7-18-13/h2-3,6-8H,4-5H2,1H3,(H,17,18)(H,19,20). The molecule has 6 heteroatoms. The van der Waals surface area contributed by atoms with Gasteiger partial charge in [0, 0.05) is 41.3 Å². The molecule has 1 aromatic carbocycles. The number of carbonyl (C=O) groups is 1. The average molecular weight is 304 g/mol. The molecule has 0 bridgehead atoms. The second-order valence-corrected chi connectivity index (χ2v) is 5.17. The Morgan fingerprint density at radius 3 is 3.10 bits per heavy atom. The second kappa shape index (κ2) is 5.61. The molecule has 0 aliphatic heterocycles. The lowest BCUT2D eigenvalue weighted by atomic mass is 10.1. The molecule has 108 valence electrons. The normalized spacial score (nSPS) is 11.0. The van der Waals surface area contributed by atoms with E-state index >= 15 is 0 Å². The van der Waals surface area contributed by atoms with Crippen LogP contribution in [0.1, 0.15) is 21.9 Å². The molecule has 2 aromatic heterocycles. The van der Waals surface area contributed by atoms with Gasteiger partial charge >= 0.3 is 0 Å². The molecule has 0 unspecified atom stereocenters. The van der Waals surface area contributed by atoms with Crippen LogP contribution in [-0.2, 0) is 6.42 Å². The first kappa shape index (κ1) is 13.7. The summed E-state index contributed by atoms with van der Waals surface area (Å²) < 4.78 is 5.61. The van der Waals surface area contributed by atoms with Crippen LogP contribution in [0.3, 0.4) is 0 Å². The van der Waals surface area contributed by atoms with Gasteiger partial charge in [0.1, 0.15) is 11.4 Å². The molecule has 3 aromatic rings. The van der Waals surface area contributed by atoms with Crippen molar-refractivity contribution in [2.24, 2.45) is 0 Å². The van der Waals surface area contributed by atoms with Crippen LogP contribution in [0.25, 0.3) is 11.0 Å². The zero-order valence-electron chi connectivity index (χ0n) is 11.4. The average Bonchev–Trinajstić information content (AvgIpc) is 3.08. The van der Waals surface area contributed by atoms with Crippen molar-refractivity contribution in [2.75, 3.05) is 6.54 Å². The zero-order chi connectivity index (χ0) is 14.8. The number of rotatable bonds is 4. The third kappa shape index (κ3) is 2.78. The Kier molecular flexibility index (Phi) is 3.66. The van der Waals surface area contributed by atoms with E-state index in [1.165, 1.54) is 0 Å². The minimum absolute atomic E-state index is 0.230. The lowest BCUT2D eigenvalue weighted by Crippen LogP contribution is -2.26. The van der Waals surface area contributed by atoms with E-state index in [1.807, 2.05) is 6.92 Å². The van der Waals surface area contributed by atoms with E-state index in [0.717, 1.165) is 16.8 Å². The van der Waals surface area contributed by atoms with Gasteiger partial charge in [-0.2, -0.15) is 0 Å². The Hall–Kier alpha value is -2.27. The fourth-order valence-corrected chi connectivity index (χ4v) is 2.39. The third-order valence-corrected chi connectivity index (χ3v) is 3.54. The van der Waals surface area contributed by atoms with Crippen LogP contribution in [0.2, 0.25) is 5.02 Å². The van der Waals surface area contributed by atoms with Gasteiger partial charge in [-0.1, -0.05) is 11.6 Å². The molecule has 0 atom stereocenters. The number of hydrogen-bond acceptors (Lipinski definition) is 3. The largest absolute Gasteiger partial charge is 0.451 e. The number of nitrogens with zero attached hydrogens (tertiary/aromatic N) is 1. The Balaban J connectivity index is 1.73. The number of amides is 1. The maximum atomic E-state index is 12.2. The van der Waals surface area contributed by atoms with Crippen molar-refractivity contribution in [1.29, 1.82) is 0 Å². The SMILES string of the molecule is Cc1c(C(=O)NCCc2ncc[nH]2)oc2ccc(Cl)cc12. The van der Waals surface area contributed by atoms with Crippen molar-refractivity contribution >= 4 is 28.5 Å². The van der Waals surface area contributed by atoms with Crippen LogP contribution in [0.4, 0.5) is 0 Å². The van der Waals surface area contributed by atoms with Crippen molar-refractivity contribution in [3.05, 3.63) is 52.8 Å². The molecule has 1 amide bonds. The molecule has 0 saturated heterocycles. The van der Waals surface area contributed by atoms with E-state index in [1.54, 1.807) is 30.6 Å². The molecule has 3 rings (SSSR count). The summed E-state index contributed by atoms with van der Waals surface area (Å²) in [6.45, 7) is 2.34. The first-order valence-corrected chi connectivity index (χ1v) is 6.98. The highest BCUT2D eigenvalue weighted by molar-refractivity contribution is 6.31. The highest BCUT2D eigenvalue weighted by atomic mass is 35.5. The van der Waals surface area contributed by atoms with Crippen LogP contribution in [0.15, 0.2) is 35.0 Å². The monoisotopic (exact) mass is 303 g/mol. The molecule has 0 radical (unpaired) electrons. The number of hydrogen-bond donors (Lipinski definition) is 2. The van der Waals surface area contributed by atoms with Crippen LogP contribution < -0.4 is 5.32 Å². The van der Waals surface area contributed by atoms with Gasteiger partial charge in [0.05, 0.1) is 0 Å². The number of nitrogens with one attached hydrogen (secondary N) is 2. The molecule has 2 N–H and O–H groups in total. The number of aromatic amines is 1. The van der Waals surface area contributed by atoms with Gasteiger partial charge in [-0.25, -0.2) is 4.98 Å². The number of imidazole rings is 1. The lowest BCUT2D eigenvalue weighted by molar-refractivity contribution is 0.0927. The fraction of sp³-hybridized carbons (Fsp3) is 0.200. The Bertz CT molecular complexity index is 778. The van der Waals surface area contributed by atoms with Crippen molar-refractivity contribution in [2.45, 2.75) is 13.3 Å². The molecule has 2 heterocycles. The van der Waals surface area contributed by atoms with Crippen LogP contribution >= 0.6 is 11.6 Å². The summed E-state index contributed by atoms with van der Waals surface area (Å²) in [5, 5.41) is 4.31. The molecule has 0 saturated carbocycles. The molecule has 0 aliphatic carbocycles. The summed E-state index contributed by atoms with van der Waals surface area (Å²) in [5.74, 6) is 0.932. The van der Waals surface area contributed by atoms with Gasteiger partial charge in [0.15, 0.2) is 5.76 Å². The minimum atomic E-state index is -0.230. The van der Waals surface area contributed by atoms with Crippen LogP contribution in [-0.4, -0.2) is 22.4 Å². The van der Waals surface area contributed by atoms with Gasteiger partial charge < -0.3 is 14.7 Å². The summed E-state index contributed by atoms with van der Waals surface area (Å²) in [5.41, 5.74) is 1.45. The molecule has 5 nitrogen and oxygen atoms in total. The van der Waals surface area contributed by atoms with Gasteiger partial charge in [0.2, 0.25) is 0 Å². The molecule has 0 fully saturated rings. The fourth-order valence-electron chi connectivity index (χ4n) is 2.22. The highest BCUT2D eigenvalue weighted by Gasteiger charge is 2.17. The summed E-state index contributed by atoms with van der Waals surface area (Å²) >= 11 is 5.97.